The van der Waals surface area contributed by atoms with Crippen LogP contribution in [0.25, 0.3) is 0 Å². The van der Waals surface area contributed by atoms with Gasteiger partial charge in [0.1, 0.15) is 5.75 Å². The summed E-state index contributed by atoms with van der Waals surface area (Å²) in [4.78, 5) is 0.189. The fourth-order valence-corrected chi connectivity index (χ4v) is 4.81. The van der Waals surface area contributed by atoms with Gasteiger partial charge in [0.15, 0.2) is 0 Å². The summed E-state index contributed by atoms with van der Waals surface area (Å²) in [6.07, 6.45) is 0.710. The van der Waals surface area contributed by atoms with Crippen molar-refractivity contribution in [2.24, 2.45) is 0 Å². The zero-order valence-electron chi connectivity index (χ0n) is 13.0. The van der Waals surface area contributed by atoms with Crippen LogP contribution >= 0.6 is 11.6 Å². The molecule has 0 radical (unpaired) electrons. The molecule has 2 aromatic carbocycles. The van der Waals surface area contributed by atoms with Crippen LogP contribution < -0.4 is 9.04 Å². The van der Waals surface area contributed by atoms with Crippen LogP contribution in [-0.2, 0) is 16.4 Å². The fraction of sp³-hybridized carbons (Fsp3) is 0.294. The SMILES string of the molecule is CCOc1cc(S(=O)(=O)N2c3ccccc3C[C@H]2C)ccc1Cl. The van der Waals surface area contributed by atoms with E-state index in [4.69, 9.17) is 16.3 Å². The lowest BCUT2D eigenvalue weighted by molar-refractivity contribution is 0.339. The molecule has 0 fully saturated rings. The summed E-state index contributed by atoms with van der Waals surface area (Å²) in [5, 5.41) is 0.403. The largest absolute Gasteiger partial charge is 0.492 e. The highest BCUT2D eigenvalue weighted by Gasteiger charge is 2.36. The normalized spacial score (nSPS) is 17.2. The van der Waals surface area contributed by atoms with E-state index in [1.165, 1.54) is 16.4 Å². The van der Waals surface area contributed by atoms with Crippen LogP contribution in [0.1, 0.15) is 19.4 Å². The van der Waals surface area contributed by atoms with E-state index in [2.05, 4.69) is 0 Å². The summed E-state index contributed by atoms with van der Waals surface area (Å²) in [6.45, 7) is 4.17. The highest BCUT2D eigenvalue weighted by atomic mass is 35.5. The first kappa shape index (κ1) is 16.1. The fourth-order valence-electron chi connectivity index (χ4n) is 2.93. The minimum absolute atomic E-state index is 0.122. The first-order chi connectivity index (χ1) is 10.9. The van der Waals surface area contributed by atoms with Crippen LogP contribution in [-0.4, -0.2) is 21.1 Å². The number of sulfonamides is 1. The van der Waals surface area contributed by atoms with Gasteiger partial charge < -0.3 is 4.74 Å². The molecule has 1 aliphatic heterocycles. The molecule has 0 unspecified atom stereocenters. The Labute approximate surface area is 141 Å². The van der Waals surface area contributed by atoms with E-state index in [9.17, 15) is 8.42 Å². The summed E-state index contributed by atoms with van der Waals surface area (Å²) in [5.41, 5.74) is 1.79. The van der Waals surface area contributed by atoms with Crippen LogP contribution in [0.3, 0.4) is 0 Å². The Morgan fingerprint density at radius 3 is 2.74 bits per heavy atom. The van der Waals surface area contributed by atoms with E-state index >= 15 is 0 Å². The predicted molar refractivity (Wildman–Crippen MR) is 91.9 cm³/mol. The van der Waals surface area contributed by atoms with Gasteiger partial charge in [-0.1, -0.05) is 29.8 Å². The van der Waals surface area contributed by atoms with Crippen LogP contribution in [0.2, 0.25) is 5.02 Å². The number of anilines is 1. The molecule has 6 heteroatoms. The summed E-state index contributed by atoms with van der Waals surface area (Å²) in [6, 6.07) is 12.0. The minimum Gasteiger partial charge on any atom is -0.492 e. The van der Waals surface area contributed by atoms with E-state index in [1.54, 1.807) is 6.07 Å². The number of ether oxygens (including phenoxy) is 1. The molecule has 1 heterocycles. The molecular weight excluding hydrogens is 334 g/mol. The van der Waals surface area contributed by atoms with Crippen molar-refractivity contribution in [1.29, 1.82) is 0 Å². The number of nitrogens with zero attached hydrogens (tertiary/aromatic N) is 1. The first-order valence-corrected chi connectivity index (χ1v) is 9.31. The summed E-state index contributed by atoms with van der Waals surface area (Å²) in [7, 11) is -3.66. The third-order valence-corrected chi connectivity index (χ3v) is 6.14. The Kier molecular flexibility index (Phi) is 4.25. The van der Waals surface area contributed by atoms with Crippen LogP contribution in [0.4, 0.5) is 5.69 Å². The quantitative estimate of drug-likeness (QED) is 0.839. The molecule has 0 saturated heterocycles. The molecule has 0 aliphatic carbocycles. The number of rotatable bonds is 4. The van der Waals surface area contributed by atoms with Gasteiger partial charge in [-0.2, -0.15) is 0 Å². The maximum absolute atomic E-state index is 13.1. The zero-order chi connectivity index (χ0) is 16.6. The van der Waals surface area contributed by atoms with Crippen molar-refractivity contribution in [2.45, 2.75) is 31.2 Å². The second-order valence-corrected chi connectivity index (χ2v) is 7.73. The van der Waals surface area contributed by atoms with Gasteiger partial charge in [-0.05, 0) is 44.0 Å². The van der Waals surface area contributed by atoms with Gasteiger partial charge in [-0.15, -0.1) is 0 Å². The molecule has 0 aromatic heterocycles. The molecule has 2 aromatic rings. The third kappa shape index (κ3) is 2.79. The average Bonchev–Trinajstić information content (AvgIpc) is 2.85. The van der Waals surface area contributed by atoms with Crippen molar-refractivity contribution < 1.29 is 13.2 Å². The van der Waals surface area contributed by atoms with E-state index in [0.29, 0.717) is 23.8 Å². The van der Waals surface area contributed by atoms with Crippen molar-refractivity contribution in [3.05, 3.63) is 53.1 Å². The number of halogens is 1. The molecule has 0 amide bonds. The molecule has 3 rings (SSSR count). The Morgan fingerprint density at radius 1 is 1.26 bits per heavy atom. The van der Waals surface area contributed by atoms with Crippen molar-refractivity contribution in [2.75, 3.05) is 10.9 Å². The number of hydrogen-bond donors (Lipinski definition) is 0. The zero-order valence-corrected chi connectivity index (χ0v) is 14.6. The molecule has 1 atom stereocenters. The molecule has 1 aliphatic rings. The monoisotopic (exact) mass is 351 g/mol. The third-order valence-electron chi connectivity index (χ3n) is 3.90. The number of para-hydroxylation sites is 1. The maximum Gasteiger partial charge on any atom is 0.264 e. The minimum atomic E-state index is -3.66. The number of hydrogen-bond acceptors (Lipinski definition) is 3. The van der Waals surface area contributed by atoms with Crippen molar-refractivity contribution in [3.63, 3.8) is 0 Å². The molecular formula is C17H18ClNO3S. The van der Waals surface area contributed by atoms with Gasteiger partial charge >= 0.3 is 0 Å². The van der Waals surface area contributed by atoms with Gasteiger partial charge in [0.05, 0.1) is 22.2 Å². The average molecular weight is 352 g/mol. The molecule has 122 valence electrons. The summed E-state index contributed by atoms with van der Waals surface area (Å²) in [5.74, 6) is 0.385. The van der Waals surface area contributed by atoms with E-state index in [-0.39, 0.29) is 10.9 Å². The van der Waals surface area contributed by atoms with Crippen LogP contribution in [0, 0.1) is 0 Å². The van der Waals surface area contributed by atoms with E-state index in [1.807, 2.05) is 38.1 Å². The molecule has 0 saturated carbocycles. The Hall–Kier alpha value is -1.72. The Morgan fingerprint density at radius 2 is 2.00 bits per heavy atom. The lowest BCUT2D eigenvalue weighted by atomic mass is 10.1. The lowest BCUT2D eigenvalue weighted by Gasteiger charge is -2.24. The summed E-state index contributed by atoms with van der Waals surface area (Å²) < 4.78 is 33.1. The summed E-state index contributed by atoms with van der Waals surface area (Å²) >= 11 is 6.06. The second kappa shape index (κ2) is 6.06. The molecule has 4 nitrogen and oxygen atoms in total. The van der Waals surface area contributed by atoms with Gasteiger partial charge in [-0.3, -0.25) is 4.31 Å². The molecule has 23 heavy (non-hydrogen) atoms. The van der Waals surface area contributed by atoms with Gasteiger partial charge in [0, 0.05) is 12.1 Å². The van der Waals surface area contributed by atoms with Crippen LogP contribution in [0.15, 0.2) is 47.4 Å². The highest BCUT2D eigenvalue weighted by molar-refractivity contribution is 7.92. The topological polar surface area (TPSA) is 46.6 Å². The predicted octanol–water partition coefficient (Wildman–Crippen LogP) is 3.88. The molecule has 0 spiro atoms. The Balaban J connectivity index is 2.07. The maximum atomic E-state index is 13.1. The van der Waals surface area contributed by atoms with Gasteiger partial charge in [0.2, 0.25) is 0 Å². The highest BCUT2D eigenvalue weighted by Crippen LogP contribution is 2.37. The number of benzene rings is 2. The number of fused-ring (bicyclic) bond motifs is 1. The van der Waals surface area contributed by atoms with Gasteiger partial charge in [-0.25, -0.2) is 8.42 Å². The molecule has 0 N–H and O–H groups in total. The Bertz CT molecular complexity index is 835. The van der Waals surface area contributed by atoms with E-state index < -0.39 is 10.0 Å². The smallest absolute Gasteiger partial charge is 0.264 e. The van der Waals surface area contributed by atoms with Crippen molar-refractivity contribution in [1.82, 2.24) is 0 Å². The standard InChI is InChI=1S/C17H18ClNO3S/c1-3-22-17-11-14(8-9-15(17)18)23(20,21)19-12(2)10-13-6-4-5-7-16(13)19/h4-9,11-12H,3,10H2,1-2H3/t12-/m1/s1. The first-order valence-electron chi connectivity index (χ1n) is 7.50. The van der Waals surface area contributed by atoms with Gasteiger partial charge in [0.25, 0.3) is 10.0 Å². The van der Waals surface area contributed by atoms with Crippen molar-refractivity contribution >= 4 is 27.3 Å². The molecule has 0 bridgehead atoms. The van der Waals surface area contributed by atoms with E-state index in [0.717, 1.165) is 11.3 Å². The van der Waals surface area contributed by atoms with Crippen LogP contribution in [0.5, 0.6) is 5.75 Å². The lowest BCUT2D eigenvalue weighted by Crippen LogP contribution is -2.35. The second-order valence-electron chi connectivity index (χ2n) is 5.51. The van der Waals surface area contributed by atoms with Crippen molar-refractivity contribution in [3.8, 4) is 5.75 Å².